The second-order valence-electron chi connectivity index (χ2n) is 5.39. The van der Waals surface area contributed by atoms with Crippen molar-refractivity contribution in [2.24, 2.45) is 0 Å². The highest BCUT2D eigenvalue weighted by Crippen LogP contribution is 2.34. The quantitative estimate of drug-likeness (QED) is 0.732. The monoisotopic (exact) mass is 262 g/mol. The van der Waals surface area contributed by atoms with Crippen molar-refractivity contribution in [3.05, 3.63) is 60.3 Å². The molecular formula is C18H18N2. The van der Waals surface area contributed by atoms with E-state index in [4.69, 9.17) is 5.73 Å². The van der Waals surface area contributed by atoms with Gasteiger partial charge in [0.05, 0.1) is 17.4 Å². The molecule has 0 unspecified atom stereocenters. The number of hydrogen-bond acceptors (Lipinski definition) is 2. The lowest BCUT2D eigenvalue weighted by Crippen LogP contribution is -1.95. The van der Waals surface area contributed by atoms with Gasteiger partial charge in [0, 0.05) is 10.9 Å². The van der Waals surface area contributed by atoms with Gasteiger partial charge in [0.15, 0.2) is 0 Å². The van der Waals surface area contributed by atoms with Crippen molar-refractivity contribution in [3.8, 4) is 11.1 Å². The molecule has 100 valence electrons. The SMILES string of the molecule is CC(C)c1ccc2ncc(N)c(-c3ccccc3)c2c1. The maximum absolute atomic E-state index is 6.18. The molecule has 2 heteroatoms. The zero-order valence-corrected chi connectivity index (χ0v) is 11.8. The number of pyridine rings is 1. The van der Waals surface area contributed by atoms with Crippen LogP contribution < -0.4 is 5.73 Å². The highest BCUT2D eigenvalue weighted by Gasteiger charge is 2.10. The molecule has 0 atom stereocenters. The van der Waals surface area contributed by atoms with E-state index in [9.17, 15) is 0 Å². The first-order chi connectivity index (χ1) is 9.66. The van der Waals surface area contributed by atoms with Crippen molar-refractivity contribution >= 4 is 16.6 Å². The van der Waals surface area contributed by atoms with E-state index in [-0.39, 0.29) is 0 Å². The van der Waals surface area contributed by atoms with Crippen LogP contribution in [0.25, 0.3) is 22.0 Å². The van der Waals surface area contributed by atoms with Crippen LogP contribution in [0.3, 0.4) is 0 Å². The minimum absolute atomic E-state index is 0.490. The average molecular weight is 262 g/mol. The van der Waals surface area contributed by atoms with Crippen LogP contribution in [0.2, 0.25) is 0 Å². The third-order valence-electron chi connectivity index (χ3n) is 3.65. The topological polar surface area (TPSA) is 38.9 Å². The van der Waals surface area contributed by atoms with Gasteiger partial charge in [0.25, 0.3) is 0 Å². The molecule has 0 fully saturated rings. The molecule has 0 amide bonds. The minimum Gasteiger partial charge on any atom is -0.397 e. The van der Waals surface area contributed by atoms with Crippen LogP contribution >= 0.6 is 0 Å². The summed E-state index contributed by atoms with van der Waals surface area (Å²) in [6.45, 7) is 4.40. The molecule has 2 aromatic carbocycles. The standard InChI is InChI=1S/C18H18N2/c1-12(2)14-8-9-17-15(10-14)18(16(19)11-20-17)13-6-4-3-5-7-13/h3-12H,19H2,1-2H3. The van der Waals surface area contributed by atoms with Gasteiger partial charge in [-0.15, -0.1) is 0 Å². The smallest absolute Gasteiger partial charge is 0.0710 e. The molecule has 0 aliphatic carbocycles. The fraction of sp³-hybridized carbons (Fsp3) is 0.167. The van der Waals surface area contributed by atoms with E-state index in [0.29, 0.717) is 5.92 Å². The van der Waals surface area contributed by atoms with E-state index in [2.05, 4.69) is 49.2 Å². The summed E-state index contributed by atoms with van der Waals surface area (Å²) in [4.78, 5) is 4.44. The van der Waals surface area contributed by atoms with Crippen LogP contribution in [0.4, 0.5) is 5.69 Å². The molecule has 3 rings (SSSR count). The van der Waals surface area contributed by atoms with Gasteiger partial charge in [0.1, 0.15) is 0 Å². The Labute approximate surface area is 119 Å². The number of nitrogen functional groups attached to an aromatic ring is 1. The first-order valence-electron chi connectivity index (χ1n) is 6.90. The van der Waals surface area contributed by atoms with Gasteiger partial charge in [-0.1, -0.05) is 50.2 Å². The van der Waals surface area contributed by atoms with Crippen LogP contribution in [0, 0.1) is 0 Å². The molecule has 0 spiro atoms. The third kappa shape index (κ3) is 2.14. The number of rotatable bonds is 2. The zero-order valence-electron chi connectivity index (χ0n) is 11.8. The van der Waals surface area contributed by atoms with Crippen LogP contribution in [-0.4, -0.2) is 4.98 Å². The lowest BCUT2D eigenvalue weighted by atomic mass is 9.95. The maximum atomic E-state index is 6.18. The van der Waals surface area contributed by atoms with Crippen molar-refractivity contribution < 1.29 is 0 Å². The van der Waals surface area contributed by atoms with Gasteiger partial charge in [-0.25, -0.2) is 0 Å². The van der Waals surface area contributed by atoms with Crippen LogP contribution in [-0.2, 0) is 0 Å². The minimum atomic E-state index is 0.490. The fourth-order valence-electron chi connectivity index (χ4n) is 2.51. The number of benzene rings is 2. The molecule has 0 saturated heterocycles. The molecule has 0 aliphatic heterocycles. The second kappa shape index (κ2) is 4.97. The number of fused-ring (bicyclic) bond motifs is 1. The van der Waals surface area contributed by atoms with E-state index in [1.54, 1.807) is 6.20 Å². The van der Waals surface area contributed by atoms with Gasteiger partial charge in [-0.2, -0.15) is 0 Å². The van der Waals surface area contributed by atoms with E-state index >= 15 is 0 Å². The van der Waals surface area contributed by atoms with Crippen molar-refractivity contribution in [3.63, 3.8) is 0 Å². The maximum Gasteiger partial charge on any atom is 0.0710 e. The lowest BCUT2D eigenvalue weighted by molar-refractivity contribution is 0.868. The summed E-state index contributed by atoms with van der Waals surface area (Å²) in [5.74, 6) is 0.490. The Morgan fingerprint density at radius 3 is 2.45 bits per heavy atom. The molecule has 20 heavy (non-hydrogen) atoms. The molecule has 0 radical (unpaired) electrons. The number of nitrogens with two attached hydrogens (primary N) is 1. The summed E-state index contributed by atoms with van der Waals surface area (Å²) in [6, 6.07) is 16.7. The Morgan fingerprint density at radius 1 is 1.00 bits per heavy atom. The number of anilines is 1. The van der Waals surface area contributed by atoms with E-state index < -0.39 is 0 Å². The van der Waals surface area contributed by atoms with Crippen molar-refractivity contribution in [1.29, 1.82) is 0 Å². The molecular weight excluding hydrogens is 244 g/mol. The molecule has 1 aromatic heterocycles. The second-order valence-corrected chi connectivity index (χ2v) is 5.39. The van der Waals surface area contributed by atoms with Gasteiger partial charge in [-0.05, 0) is 29.2 Å². The van der Waals surface area contributed by atoms with Crippen molar-refractivity contribution in [2.75, 3.05) is 5.73 Å². The summed E-state index contributed by atoms with van der Waals surface area (Å²) in [5, 5.41) is 1.13. The highest BCUT2D eigenvalue weighted by molar-refractivity contribution is 6.00. The lowest BCUT2D eigenvalue weighted by Gasteiger charge is -2.12. The number of nitrogens with zero attached hydrogens (tertiary/aromatic N) is 1. The summed E-state index contributed by atoms with van der Waals surface area (Å²) in [5.41, 5.74) is 11.4. The predicted octanol–water partition coefficient (Wildman–Crippen LogP) is 4.61. The Balaban J connectivity index is 2.34. The number of hydrogen-bond donors (Lipinski definition) is 1. The Bertz CT molecular complexity index is 746. The largest absolute Gasteiger partial charge is 0.397 e. The predicted molar refractivity (Wildman–Crippen MR) is 85.7 cm³/mol. The molecule has 2 nitrogen and oxygen atoms in total. The van der Waals surface area contributed by atoms with Gasteiger partial charge >= 0.3 is 0 Å². The summed E-state index contributed by atoms with van der Waals surface area (Å²) in [6.07, 6.45) is 1.75. The zero-order chi connectivity index (χ0) is 14.1. The van der Waals surface area contributed by atoms with E-state index in [1.165, 1.54) is 5.56 Å². The van der Waals surface area contributed by atoms with Crippen LogP contribution in [0.1, 0.15) is 25.3 Å². The van der Waals surface area contributed by atoms with Crippen molar-refractivity contribution in [1.82, 2.24) is 4.98 Å². The van der Waals surface area contributed by atoms with Gasteiger partial charge in [0.2, 0.25) is 0 Å². The first kappa shape index (κ1) is 12.7. The average Bonchev–Trinajstić information content (AvgIpc) is 2.47. The van der Waals surface area contributed by atoms with Gasteiger partial charge < -0.3 is 5.73 Å². The Morgan fingerprint density at radius 2 is 1.75 bits per heavy atom. The molecule has 0 aliphatic rings. The first-order valence-corrected chi connectivity index (χ1v) is 6.90. The van der Waals surface area contributed by atoms with E-state index in [1.807, 2.05) is 18.2 Å². The highest BCUT2D eigenvalue weighted by atomic mass is 14.7. The fourth-order valence-corrected chi connectivity index (χ4v) is 2.51. The normalized spacial score (nSPS) is 11.2. The molecule has 3 aromatic rings. The summed E-state index contributed by atoms with van der Waals surface area (Å²) in [7, 11) is 0. The van der Waals surface area contributed by atoms with Gasteiger partial charge in [-0.3, -0.25) is 4.98 Å². The van der Waals surface area contributed by atoms with Crippen LogP contribution in [0.5, 0.6) is 0 Å². The molecule has 0 saturated carbocycles. The Hall–Kier alpha value is -2.35. The Kier molecular flexibility index (Phi) is 3.15. The molecule has 0 bridgehead atoms. The summed E-state index contributed by atoms with van der Waals surface area (Å²) >= 11 is 0. The summed E-state index contributed by atoms with van der Waals surface area (Å²) < 4.78 is 0. The number of aromatic nitrogens is 1. The molecule has 2 N–H and O–H groups in total. The third-order valence-corrected chi connectivity index (χ3v) is 3.65. The van der Waals surface area contributed by atoms with Crippen LogP contribution in [0.15, 0.2) is 54.7 Å². The molecule has 1 heterocycles. The van der Waals surface area contributed by atoms with Crippen molar-refractivity contribution in [2.45, 2.75) is 19.8 Å². The van der Waals surface area contributed by atoms with E-state index in [0.717, 1.165) is 27.7 Å².